The van der Waals surface area contributed by atoms with Gasteiger partial charge in [-0.2, -0.15) is 0 Å². The van der Waals surface area contributed by atoms with Crippen molar-refractivity contribution < 1.29 is 14.3 Å². The van der Waals surface area contributed by atoms with E-state index in [0.717, 1.165) is 17.0 Å². The topological polar surface area (TPSA) is 60.5 Å². The van der Waals surface area contributed by atoms with Crippen molar-refractivity contribution in [3.63, 3.8) is 0 Å². The molecule has 0 spiro atoms. The number of ether oxygens (including phenoxy) is 2. The molecule has 5 nitrogen and oxygen atoms in total. The maximum Gasteiger partial charge on any atom is 0.255 e. The molecule has 1 heterocycles. The molecule has 0 saturated carbocycles. The van der Waals surface area contributed by atoms with Crippen molar-refractivity contribution in [2.45, 2.75) is 13.2 Å². The summed E-state index contributed by atoms with van der Waals surface area (Å²) < 4.78 is 11.0. The van der Waals surface area contributed by atoms with Gasteiger partial charge in [0.1, 0.15) is 18.1 Å². The Balaban J connectivity index is 1.59. The first-order valence-corrected chi connectivity index (χ1v) is 8.29. The Morgan fingerprint density at radius 3 is 2.69 bits per heavy atom. The minimum Gasteiger partial charge on any atom is -0.496 e. The lowest BCUT2D eigenvalue weighted by Crippen LogP contribution is -2.23. The Bertz CT molecular complexity index is 866. The van der Waals surface area contributed by atoms with Crippen LogP contribution in [-0.2, 0) is 13.2 Å². The van der Waals surface area contributed by atoms with E-state index in [-0.39, 0.29) is 5.91 Å². The predicted molar refractivity (Wildman–Crippen MR) is 99.2 cm³/mol. The molecule has 0 radical (unpaired) electrons. The smallest absolute Gasteiger partial charge is 0.255 e. The van der Waals surface area contributed by atoms with Gasteiger partial charge in [-0.25, -0.2) is 0 Å². The van der Waals surface area contributed by atoms with E-state index in [1.165, 1.54) is 0 Å². The number of nitrogens with one attached hydrogen (secondary N) is 1. The predicted octanol–water partition coefficient (Wildman–Crippen LogP) is 3.60. The summed E-state index contributed by atoms with van der Waals surface area (Å²) in [6.07, 6.45) is 1.74. The second-order valence-electron chi connectivity index (χ2n) is 5.64. The Morgan fingerprint density at radius 2 is 1.88 bits per heavy atom. The number of para-hydroxylation sites is 1. The van der Waals surface area contributed by atoms with Crippen LogP contribution in [0.25, 0.3) is 0 Å². The SMILES string of the molecule is COc1ccccc1C(=O)NCc1cccc(OCc2ccccn2)c1. The average Bonchev–Trinajstić information content (AvgIpc) is 2.71. The van der Waals surface area contributed by atoms with E-state index in [0.29, 0.717) is 24.5 Å². The zero-order valence-corrected chi connectivity index (χ0v) is 14.5. The fraction of sp³-hybridized carbons (Fsp3) is 0.143. The van der Waals surface area contributed by atoms with Crippen LogP contribution >= 0.6 is 0 Å². The number of aromatic nitrogens is 1. The second-order valence-corrected chi connectivity index (χ2v) is 5.64. The van der Waals surface area contributed by atoms with Gasteiger partial charge >= 0.3 is 0 Å². The molecule has 0 atom stereocenters. The van der Waals surface area contributed by atoms with Crippen molar-refractivity contribution in [1.29, 1.82) is 0 Å². The standard InChI is InChI=1S/C21H20N2O3/c1-25-20-11-3-2-10-19(20)21(24)23-14-16-7-6-9-18(13-16)26-15-17-8-4-5-12-22-17/h2-13H,14-15H2,1H3,(H,23,24). The van der Waals surface area contributed by atoms with Gasteiger partial charge in [0.2, 0.25) is 0 Å². The first-order valence-electron chi connectivity index (χ1n) is 8.29. The number of hydrogen-bond acceptors (Lipinski definition) is 4. The van der Waals surface area contributed by atoms with Gasteiger partial charge in [-0.15, -0.1) is 0 Å². The summed E-state index contributed by atoms with van der Waals surface area (Å²) >= 11 is 0. The van der Waals surface area contributed by atoms with E-state index >= 15 is 0 Å². The summed E-state index contributed by atoms with van der Waals surface area (Å²) in [6, 6.07) is 20.5. The molecule has 1 aromatic heterocycles. The van der Waals surface area contributed by atoms with Crippen LogP contribution in [0.5, 0.6) is 11.5 Å². The molecule has 0 saturated heterocycles. The third kappa shape index (κ3) is 4.60. The van der Waals surface area contributed by atoms with Crippen LogP contribution in [0.15, 0.2) is 72.9 Å². The van der Waals surface area contributed by atoms with Crippen molar-refractivity contribution >= 4 is 5.91 Å². The molecular formula is C21H20N2O3. The molecule has 0 bridgehead atoms. The molecule has 132 valence electrons. The Kier molecular flexibility index (Phi) is 5.83. The van der Waals surface area contributed by atoms with Gasteiger partial charge in [0.25, 0.3) is 5.91 Å². The molecule has 2 aromatic carbocycles. The largest absolute Gasteiger partial charge is 0.496 e. The molecule has 0 aliphatic carbocycles. The molecular weight excluding hydrogens is 328 g/mol. The van der Waals surface area contributed by atoms with Crippen molar-refractivity contribution in [3.05, 3.63) is 89.7 Å². The maximum absolute atomic E-state index is 12.4. The summed E-state index contributed by atoms with van der Waals surface area (Å²) in [5.74, 6) is 1.11. The molecule has 1 N–H and O–H groups in total. The number of amides is 1. The van der Waals surface area contributed by atoms with Gasteiger partial charge in [-0.3, -0.25) is 9.78 Å². The number of carbonyl (C=O) groups excluding carboxylic acids is 1. The third-order valence-electron chi connectivity index (χ3n) is 3.82. The lowest BCUT2D eigenvalue weighted by molar-refractivity contribution is 0.0948. The number of rotatable bonds is 7. The normalized spacial score (nSPS) is 10.2. The highest BCUT2D eigenvalue weighted by Crippen LogP contribution is 2.18. The summed E-state index contributed by atoms with van der Waals surface area (Å²) in [4.78, 5) is 16.6. The number of nitrogens with zero attached hydrogens (tertiary/aromatic N) is 1. The van der Waals surface area contributed by atoms with Gasteiger partial charge in [-0.05, 0) is 42.0 Å². The van der Waals surface area contributed by atoms with E-state index < -0.39 is 0 Å². The van der Waals surface area contributed by atoms with E-state index in [1.54, 1.807) is 25.4 Å². The minimum absolute atomic E-state index is 0.178. The number of methoxy groups -OCH3 is 1. The highest BCUT2D eigenvalue weighted by Gasteiger charge is 2.11. The number of pyridine rings is 1. The van der Waals surface area contributed by atoms with Gasteiger partial charge < -0.3 is 14.8 Å². The Labute approximate surface area is 152 Å². The number of hydrogen-bond donors (Lipinski definition) is 1. The van der Waals surface area contributed by atoms with Crippen molar-refractivity contribution in [2.24, 2.45) is 0 Å². The van der Waals surface area contributed by atoms with E-state index in [9.17, 15) is 4.79 Å². The highest BCUT2D eigenvalue weighted by molar-refractivity contribution is 5.96. The zero-order valence-electron chi connectivity index (χ0n) is 14.5. The molecule has 3 aromatic rings. The van der Waals surface area contributed by atoms with Crippen LogP contribution in [0.1, 0.15) is 21.6 Å². The fourth-order valence-corrected chi connectivity index (χ4v) is 2.50. The highest BCUT2D eigenvalue weighted by atomic mass is 16.5. The zero-order chi connectivity index (χ0) is 18.2. The summed E-state index contributed by atoms with van der Waals surface area (Å²) in [5, 5.41) is 2.90. The van der Waals surface area contributed by atoms with Crippen molar-refractivity contribution in [3.8, 4) is 11.5 Å². The molecule has 0 aliphatic rings. The summed E-state index contributed by atoms with van der Waals surface area (Å²) in [6.45, 7) is 0.801. The second kappa shape index (κ2) is 8.67. The molecule has 0 fully saturated rings. The van der Waals surface area contributed by atoms with Crippen LogP contribution in [0.2, 0.25) is 0 Å². The summed E-state index contributed by atoms with van der Waals surface area (Å²) in [7, 11) is 1.55. The molecule has 0 aliphatic heterocycles. The van der Waals surface area contributed by atoms with Gasteiger partial charge in [-0.1, -0.05) is 30.3 Å². The Morgan fingerprint density at radius 1 is 1.04 bits per heavy atom. The first kappa shape index (κ1) is 17.5. The van der Waals surface area contributed by atoms with Crippen molar-refractivity contribution in [1.82, 2.24) is 10.3 Å². The monoisotopic (exact) mass is 348 g/mol. The van der Waals surface area contributed by atoms with Gasteiger partial charge in [0, 0.05) is 12.7 Å². The third-order valence-corrected chi connectivity index (χ3v) is 3.82. The molecule has 1 amide bonds. The van der Waals surface area contributed by atoms with E-state index in [2.05, 4.69) is 10.3 Å². The Hall–Kier alpha value is -3.34. The van der Waals surface area contributed by atoms with Crippen LogP contribution in [0.3, 0.4) is 0 Å². The first-order chi connectivity index (χ1) is 12.8. The van der Waals surface area contributed by atoms with Crippen LogP contribution in [0, 0.1) is 0 Å². The summed E-state index contributed by atoms with van der Waals surface area (Å²) in [5.41, 5.74) is 2.33. The van der Waals surface area contributed by atoms with Gasteiger partial charge in [0.15, 0.2) is 0 Å². The lowest BCUT2D eigenvalue weighted by atomic mass is 10.1. The maximum atomic E-state index is 12.4. The van der Waals surface area contributed by atoms with Crippen molar-refractivity contribution in [2.75, 3.05) is 7.11 Å². The average molecular weight is 348 g/mol. The van der Waals surface area contributed by atoms with Crippen LogP contribution < -0.4 is 14.8 Å². The lowest BCUT2D eigenvalue weighted by Gasteiger charge is -2.10. The van der Waals surface area contributed by atoms with Crippen LogP contribution in [-0.4, -0.2) is 18.0 Å². The fourth-order valence-electron chi connectivity index (χ4n) is 2.50. The molecule has 3 rings (SSSR count). The molecule has 26 heavy (non-hydrogen) atoms. The quantitative estimate of drug-likeness (QED) is 0.709. The van der Waals surface area contributed by atoms with E-state index in [4.69, 9.17) is 9.47 Å². The van der Waals surface area contributed by atoms with Crippen LogP contribution in [0.4, 0.5) is 0 Å². The minimum atomic E-state index is -0.178. The number of benzene rings is 2. The number of carbonyl (C=O) groups is 1. The molecule has 5 heteroatoms. The molecule has 0 unspecified atom stereocenters. The van der Waals surface area contributed by atoms with E-state index in [1.807, 2.05) is 54.6 Å². The van der Waals surface area contributed by atoms with Gasteiger partial charge in [0.05, 0.1) is 18.4 Å².